The summed E-state index contributed by atoms with van der Waals surface area (Å²) >= 11 is 1.85. The number of hydrogen-bond acceptors (Lipinski definition) is 3. The second kappa shape index (κ2) is 3.66. The molecule has 0 unspecified atom stereocenters. The summed E-state index contributed by atoms with van der Waals surface area (Å²) in [5, 5.41) is 1.24. The van der Waals surface area contributed by atoms with E-state index in [1.165, 1.54) is 41.6 Å². The Morgan fingerprint density at radius 2 is 2.08 bits per heavy atom. The topological polar surface area (TPSA) is 16.1 Å². The van der Waals surface area contributed by atoms with Crippen molar-refractivity contribution in [1.82, 2.24) is 4.98 Å². The van der Waals surface area contributed by atoms with Gasteiger partial charge >= 0.3 is 0 Å². The van der Waals surface area contributed by atoms with E-state index in [4.69, 9.17) is 0 Å². The van der Waals surface area contributed by atoms with Crippen LogP contribution in [0.5, 0.6) is 0 Å². The summed E-state index contributed by atoms with van der Waals surface area (Å²) in [6.07, 6.45) is 3.73. The van der Waals surface area contributed by atoms with Crippen molar-refractivity contribution in [3.63, 3.8) is 0 Å². The van der Waals surface area contributed by atoms with E-state index in [0.29, 0.717) is 0 Å². The molecule has 1 saturated heterocycles. The van der Waals surface area contributed by atoms with Crippen LogP contribution in [0, 0.1) is 6.92 Å². The summed E-state index contributed by atoms with van der Waals surface area (Å²) in [4.78, 5) is 8.46. The summed E-state index contributed by atoms with van der Waals surface area (Å²) in [5.41, 5.74) is 1.28. The van der Waals surface area contributed by atoms with Crippen LogP contribution in [0.3, 0.4) is 0 Å². The van der Waals surface area contributed by atoms with E-state index in [-0.39, 0.29) is 0 Å². The summed E-state index contributed by atoms with van der Waals surface area (Å²) in [7, 11) is 0. The molecule has 0 radical (unpaired) electrons. The monoisotopic (exact) mass is 196 g/mol. The van der Waals surface area contributed by atoms with E-state index in [2.05, 4.69) is 23.7 Å². The van der Waals surface area contributed by atoms with Crippen LogP contribution in [0.4, 0.5) is 5.13 Å². The molecule has 1 aromatic rings. The third kappa shape index (κ3) is 1.70. The normalized spacial score (nSPS) is 16.9. The molecule has 1 fully saturated rings. The minimum Gasteiger partial charge on any atom is -0.348 e. The minimum atomic E-state index is 1.07. The Kier molecular flexibility index (Phi) is 2.54. The van der Waals surface area contributed by atoms with Gasteiger partial charge in [0.1, 0.15) is 0 Å². The lowest BCUT2D eigenvalue weighted by atomic mass is 10.3. The Balaban J connectivity index is 2.20. The third-order valence-corrected chi connectivity index (χ3v) is 3.67. The smallest absolute Gasteiger partial charge is 0.185 e. The molecule has 0 N–H and O–H groups in total. The van der Waals surface area contributed by atoms with Gasteiger partial charge in [-0.2, -0.15) is 0 Å². The zero-order valence-electron chi connectivity index (χ0n) is 8.34. The van der Waals surface area contributed by atoms with Crippen molar-refractivity contribution < 1.29 is 0 Å². The molecule has 13 heavy (non-hydrogen) atoms. The Hall–Kier alpha value is -0.570. The largest absolute Gasteiger partial charge is 0.348 e. The van der Waals surface area contributed by atoms with Gasteiger partial charge in [0.05, 0.1) is 5.69 Å². The summed E-state index contributed by atoms with van der Waals surface area (Å²) in [6.45, 7) is 6.76. The second-order valence-electron chi connectivity index (χ2n) is 3.55. The number of rotatable bonds is 2. The van der Waals surface area contributed by atoms with Crippen LogP contribution in [0.1, 0.15) is 30.3 Å². The maximum atomic E-state index is 4.65. The lowest BCUT2D eigenvalue weighted by molar-refractivity contribution is 0.938. The number of thiazole rings is 1. The van der Waals surface area contributed by atoms with Gasteiger partial charge in [-0.15, -0.1) is 11.3 Å². The molecule has 1 aliphatic heterocycles. The molecule has 2 nitrogen and oxygen atoms in total. The predicted octanol–water partition coefficient (Wildman–Crippen LogP) is 2.61. The lowest BCUT2D eigenvalue weighted by Crippen LogP contribution is -2.17. The van der Waals surface area contributed by atoms with Gasteiger partial charge in [-0.3, -0.25) is 0 Å². The first-order chi connectivity index (χ1) is 6.31. The highest BCUT2D eigenvalue weighted by Gasteiger charge is 2.16. The van der Waals surface area contributed by atoms with E-state index in [1.54, 1.807) is 0 Å². The van der Waals surface area contributed by atoms with Gasteiger partial charge in [0, 0.05) is 18.0 Å². The van der Waals surface area contributed by atoms with Crippen molar-refractivity contribution in [3.8, 4) is 0 Å². The van der Waals surface area contributed by atoms with Gasteiger partial charge in [0.15, 0.2) is 5.13 Å². The van der Waals surface area contributed by atoms with E-state index in [0.717, 1.165) is 6.42 Å². The van der Waals surface area contributed by atoms with Gasteiger partial charge in [-0.1, -0.05) is 6.92 Å². The highest BCUT2D eigenvalue weighted by molar-refractivity contribution is 7.15. The number of anilines is 1. The van der Waals surface area contributed by atoms with Crippen molar-refractivity contribution in [3.05, 3.63) is 10.6 Å². The number of aromatic nitrogens is 1. The Morgan fingerprint density at radius 1 is 1.38 bits per heavy atom. The zero-order chi connectivity index (χ0) is 9.26. The maximum Gasteiger partial charge on any atom is 0.185 e. The molecule has 0 aromatic carbocycles. The van der Waals surface area contributed by atoms with E-state index in [1.807, 2.05) is 11.3 Å². The van der Waals surface area contributed by atoms with Crippen molar-refractivity contribution in [2.24, 2.45) is 0 Å². The first-order valence-corrected chi connectivity index (χ1v) is 5.84. The fourth-order valence-corrected chi connectivity index (χ4v) is 2.83. The standard InChI is InChI=1S/C10H16N2S/c1-3-9-8(2)13-10(11-9)12-6-4-5-7-12/h3-7H2,1-2H3. The molecule has 0 bridgehead atoms. The van der Waals surface area contributed by atoms with Crippen molar-refractivity contribution >= 4 is 16.5 Å². The third-order valence-electron chi connectivity index (χ3n) is 2.59. The summed E-state index contributed by atoms with van der Waals surface area (Å²) < 4.78 is 0. The summed E-state index contributed by atoms with van der Waals surface area (Å²) in [6, 6.07) is 0. The molecular formula is C10H16N2S. The highest BCUT2D eigenvalue weighted by Crippen LogP contribution is 2.28. The second-order valence-corrected chi connectivity index (χ2v) is 4.73. The van der Waals surface area contributed by atoms with E-state index >= 15 is 0 Å². The molecule has 0 saturated carbocycles. The highest BCUT2D eigenvalue weighted by atomic mass is 32.1. The first kappa shape index (κ1) is 9.00. The van der Waals surface area contributed by atoms with E-state index in [9.17, 15) is 0 Å². The fraction of sp³-hybridized carbons (Fsp3) is 0.700. The Labute approximate surface area is 83.6 Å². The molecule has 0 atom stereocenters. The average Bonchev–Trinajstić information content (AvgIpc) is 2.71. The molecule has 0 aliphatic carbocycles. The Morgan fingerprint density at radius 3 is 2.62 bits per heavy atom. The van der Waals surface area contributed by atoms with E-state index < -0.39 is 0 Å². The van der Waals surface area contributed by atoms with Crippen LogP contribution in [0.25, 0.3) is 0 Å². The van der Waals surface area contributed by atoms with Crippen molar-refractivity contribution in [2.45, 2.75) is 33.1 Å². The molecular weight excluding hydrogens is 180 g/mol. The van der Waals surface area contributed by atoms with Gasteiger partial charge in [0.25, 0.3) is 0 Å². The number of aryl methyl sites for hydroxylation is 2. The van der Waals surface area contributed by atoms with Crippen LogP contribution in [-0.2, 0) is 6.42 Å². The summed E-state index contributed by atoms with van der Waals surface area (Å²) in [5.74, 6) is 0. The zero-order valence-corrected chi connectivity index (χ0v) is 9.15. The first-order valence-electron chi connectivity index (χ1n) is 5.02. The minimum absolute atomic E-state index is 1.07. The van der Waals surface area contributed by atoms with Crippen LogP contribution in [-0.4, -0.2) is 18.1 Å². The number of nitrogens with zero attached hydrogens (tertiary/aromatic N) is 2. The maximum absolute atomic E-state index is 4.65. The average molecular weight is 196 g/mol. The van der Waals surface area contributed by atoms with Crippen LogP contribution >= 0.6 is 11.3 Å². The van der Waals surface area contributed by atoms with Crippen LogP contribution in [0.2, 0.25) is 0 Å². The quantitative estimate of drug-likeness (QED) is 0.723. The molecule has 0 spiro atoms. The molecule has 0 amide bonds. The fourth-order valence-electron chi connectivity index (χ4n) is 1.78. The molecule has 2 heterocycles. The predicted molar refractivity (Wildman–Crippen MR) is 57.7 cm³/mol. The van der Waals surface area contributed by atoms with Gasteiger partial charge in [-0.05, 0) is 26.2 Å². The van der Waals surface area contributed by atoms with Crippen LogP contribution in [0.15, 0.2) is 0 Å². The Bertz CT molecular complexity index is 287. The van der Waals surface area contributed by atoms with Gasteiger partial charge in [0.2, 0.25) is 0 Å². The SMILES string of the molecule is CCc1nc(N2CCCC2)sc1C. The van der Waals surface area contributed by atoms with Crippen molar-refractivity contribution in [1.29, 1.82) is 0 Å². The van der Waals surface area contributed by atoms with Crippen molar-refractivity contribution in [2.75, 3.05) is 18.0 Å². The number of hydrogen-bond donors (Lipinski definition) is 0. The molecule has 1 aromatic heterocycles. The lowest BCUT2D eigenvalue weighted by Gasteiger charge is -2.12. The molecule has 72 valence electrons. The van der Waals surface area contributed by atoms with Crippen LogP contribution < -0.4 is 4.90 Å². The molecule has 2 rings (SSSR count). The molecule has 3 heteroatoms. The van der Waals surface area contributed by atoms with Gasteiger partial charge in [-0.25, -0.2) is 4.98 Å². The van der Waals surface area contributed by atoms with Gasteiger partial charge < -0.3 is 4.90 Å². The molecule has 1 aliphatic rings.